The molecule has 0 bridgehead atoms. The smallest absolute Gasteiger partial charge is 0.341 e. The van der Waals surface area contributed by atoms with E-state index in [4.69, 9.17) is 11.6 Å². The van der Waals surface area contributed by atoms with E-state index >= 15 is 0 Å². The van der Waals surface area contributed by atoms with E-state index in [2.05, 4.69) is 11.9 Å². The molecule has 0 N–H and O–H groups in total. The summed E-state index contributed by atoms with van der Waals surface area (Å²) in [7, 11) is 0. The van der Waals surface area contributed by atoms with E-state index in [1.807, 2.05) is 35.2 Å². The van der Waals surface area contributed by atoms with Gasteiger partial charge in [-0.15, -0.1) is 0 Å². The van der Waals surface area contributed by atoms with Crippen LogP contribution >= 0.6 is 11.6 Å². The molecule has 0 saturated carbocycles. The van der Waals surface area contributed by atoms with Gasteiger partial charge < -0.3 is 4.90 Å². The van der Waals surface area contributed by atoms with Crippen molar-refractivity contribution in [2.24, 2.45) is 5.92 Å². The van der Waals surface area contributed by atoms with Crippen molar-refractivity contribution in [3.05, 3.63) is 64.0 Å². The standard InChI is InChI=1S/C22H22ClN3O2/c1-15-6-5-11-25(13-15)20(27)14-26-19-10-9-17(23)12-18(19)21(24-22(26)28)16-7-3-2-4-8-16/h2-4,7-10,12,15H,5-6,11,13-14H2,1H3. The summed E-state index contributed by atoms with van der Waals surface area (Å²) in [6.07, 6.45) is 2.14. The molecule has 1 atom stereocenters. The number of amides is 1. The molecule has 0 radical (unpaired) electrons. The average Bonchev–Trinajstić information content (AvgIpc) is 2.70. The molecule has 5 nitrogen and oxygen atoms in total. The number of hydrogen-bond acceptors (Lipinski definition) is 3. The third kappa shape index (κ3) is 3.67. The summed E-state index contributed by atoms with van der Waals surface area (Å²) in [5, 5.41) is 1.32. The first kappa shape index (κ1) is 18.7. The minimum absolute atomic E-state index is 0.00818. The Hall–Kier alpha value is -2.66. The van der Waals surface area contributed by atoms with Crippen molar-refractivity contribution in [1.82, 2.24) is 14.5 Å². The molecule has 1 aliphatic heterocycles. The van der Waals surface area contributed by atoms with Crippen LogP contribution in [0.25, 0.3) is 22.2 Å². The molecule has 3 aromatic rings. The highest BCUT2D eigenvalue weighted by Crippen LogP contribution is 2.28. The first-order valence-electron chi connectivity index (χ1n) is 9.56. The Balaban J connectivity index is 1.78. The zero-order valence-corrected chi connectivity index (χ0v) is 16.5. The number of carbonyl (C=O) groups excluding carboxylic acids is 1. The number of fused-ring (bicyclic) bond motifs is 1. The van der Waals surface area contributed by atoms with Crippen LogP contribution in [0.4, 0.5) is 0 Å². The van der Waals surface area contributed by atoms with Crippen molar-refractivity contribution in [3.63, 3.8) is 0 Å². The second-order valence-electron chi connectivity index (χ2n) is 7.44. The summed E-state index contributed by atoms with van der Waals surface area (Å²) < 4.78 is 1.46. The second-order valence-corrected chi connectivity index (χ2v) is 7.88. The monoisotopic (exact) mass is 395 g/mol. The molecular formula is C22H22ClN3O2. The molecule has 1 aromatic heterocycles. The lowest BCUT2D eigenvalue weighted by Gasteiger charge is -2.31. The van der Waals surface area contributed by atoms with Gasteiger partial charge in [-0.05, 0) is 37.0 Å². The lowest BCUT2D eigenvalue weighted by Crippen LogP contribution is -2.42. The third-order valence-electron chi connectivity index (χ3n) is 5.29. The van der Waals surface area contributed by atoms with E-state index < -0.39 is 5.69 Å². The van der Waals surface area contributed by atoms with E-state index in [1.54, 1.807) is 18.2 Å². The van der Waals surface area contributed by atoms with E-state index in [0.29, 0.717) is 22.2 Å². The molecule has 1 amide bonds. The fourth-order valence-electron chi connectivity index (χ4n) is 3.87. The highest BCUT2D eigenvalue weighted by molar-refractivity contribution is 6.31. The quantitative estimate of drug-likeness (QED) is 0.674. The topological polar surface area (TPSA) is 55.2 Å². The van der Waals surface area contributed by atoms with Gasteiger partial charge in [0.2, 0.25) is 5.91 Å². The predicted octanol–water partition coefficient (Wildman–Crippen LogP) is 3.98. The van der Waals surface area contributed by atoms with Crippen LogP contribution in [-0.2, 0) is 11.3 Å². The Morgan fingerprint density at radius 2 is 2.00 bits per heavy atom. The molecule has 1 unspecified atom stereocenters. The van der Waals surface area contributed by atoms with Crippen molar-refractivity contribution >= 4 is 28.4 Å². The van der Waals surface area contributed by atoms with Crippen molar-refractivity contribution in [2.75, 3.05) is 13.1 Å². The summed E-state index contributed by atoms with van der Waals surface area (Å²) >= 11 is 6.22. The van der Waals surface area contributed by atoms with Crippen LogP contribution in [0, 0.1) is 5.92 Å². The largest absolute Gasteiger partial charge is 0.349 e. The summed E-state index contributed by atoms with van der Waals surface area (Å²) in [6.45, 7) is 3.63. The summed E-state index contributed by atoms with van der Waals surface area (Å²) in [6, 6.07) is 14.9. The van der Waals surface area contributed by atoms with Crippen LogP contribution in [0.3, 0.4) is 0 Å². The average molecular weight is 396 g/mol. The molecule has 0 spiro atoms. The Labute approximate surface area is 168 Å². The van der Waals surface area contributed by atoms with Crippen LogP contribution in [0.2, 0.25) is 5.02 Å². The zero-order chi connectivity index (χ0) is 19.7. The molecule has 144 valence electrons. The van der Waals surface area contributed by atoms with Gasteiger partial charge in [0.05, 0.1) is 11.2 Å². The number of halogens is 1. The van der Waals surface area contributed by atoms with Crippen LogP contribution in [0.15, 0.2) is 53.3 Å². The van der Waals surface area contributed by atoms with Gasteiger partial charge in [0.1, 0.15) is 6.54 Å². The lowest BCUT2D eigenvalue weighted by molar-refractivity contribution is -0.133. The van der Waals surface area contributed by atoms with E-state index in [1.165, 1.54) is 4.57 Å². The van der Waals surface area contributed by atoms with Gasteiger partial charge in [0.15, 0.2) is 0 Å². The van der Waals surface area contributed by atoms with E-state index in [0.717, 1.165) is 36.9 Å². The number of nitrogens with zero attached hydrogens (tertiary/aromatic N) is 3. The number of rotatable bonds is 3. The molecular weight excluding hydrogens is 374 g/mol. The van der Waals surface area contributed by atoms with E-state index in [9.17, 15) is 9.59 Å². The number of likely N-dealkylation sites (tertiary alicyclic amines) is 1. The maximum Gasteiger partial charge on any atom is 0.349 e. The first-order valence-corrected chi connectivity index (χ1v) is 9.94. The molecule has 0 aliphatic carbocycles. The van der Waals surface area contributed by atoms with Gasteiger partial charge in [0.25, 0.3) is 0 Å². The second kappa shape index (κ2) is 7.76. The Morgan fingerprint density at radius 1 is 1.21 bits per heavy atom. The molecule has 2 aromatic carbocycles. The number of carbonyl (C=O) groups is 1. The van der Waals surface area contributed by atoms with Gasteiger partial charge in [0, 0.05) is 29.1 Å². The van der Waals surface area contributed by atoms with Gasteiger partial charge in [-0.1, -0.05) is 48.9 Å². The number of benzene rings is 2. The van der Waals surface area contributed by atoms with Crippen molar-refractivity contribution in [2.45, 2.75) is 26.3 Å². The van der Waals surface area contributed by atoms with Gasteiger partial charge >= 0.3 is 5.69 Å². The maximum absolute atomic E-state index is 12.8. The van der Waals surface area contributed by atoms with Crippen molar-refractivity contribution in [3.8, 4) is 11.3 Å². The first-order chi connectivity index (χ1) is 13.5. The van der Waals surface area contributed by atoms with Gasteiger partial charge in [-0.25, -0.2) is 4.79 Å². The van der Waals surface area contributed by atoms with Crippen molar-refractivity contribution in [1.29, 1.82) is 0 Å². The lowest BCUT2D eigenvalue weighted by atomic mass is 10.0. The zero-order valence-electron chi connectivity index (χ0n) is 15.8. The molecule has 2 heterocycles. The Kier molecular flexibility index (Phi) is 5.18. The summed E-state index contributed by atoms with van der Waals surface area (Å²) in [5.41, 5.74) is 1.67. The molecule has 1 aliphatic rings. The molecule has 1 saturated heterocycles. The maximum atomic E-state index is 12.8. The molecule has 1 fully saturated rings. The fraction of sp³-hybridized carbons (Fsp3) is 0.318. The fourth-order valence-corrected chi connectivity index (χ4v) is 4.04. The third-order valence-corrected chi connectivity index (χ3v) is 5.53. The van der Waals surface area contributed by atoms with Crippen LogP contribution in [0.1, 0.15) is 19.8 Å². The van der Waals surface area contributed by atoms with Crippen LogP contribution in [0.5, 0.6) is 0 Å². The Bertz CT molecular complexity index is 1080. The SMILES string of the molecule is CC1CCCN(C(=O)Cn2c(=O)nc(-c3ccccc3)c3cc(Cl)ccc32)C1. The molecule has 6 heteroatoms. The molecule has 4 rings (SSSR count). The highest BCUT2D eigenvalue weighted by atomic mass is 35.5. The van der Waals surface area contributed by atoms with E-state index in [-0.39, 0.29) is 12.5 Å². The summed E-state index contributed by atoms with van der Waals surface area (Å²) in [5.74, 6) is 0.447. The van der Waals surface area contributed by atoms with Gasteiger partial charge in [-0.2, -0.15) is 4.98 Å². The van der Waals surface area contributed by atoms with Crippen LogP contribution < -0.4 is 5.69 Å². The predicted molar refractivity (Wildman–Crippen MR) is 111 cm³/mol. The minimum Gasteiger partial charge on any atom is -0.341 e. The minimum atomic E-state index is -0.424. The number of piperidine rings is 1. The Morgan fingerprint density at radius 3 is 2.75 bits per heavy atom. The normalized spacial score (nSPS) is 17.1. The summed E-state index contributed by atoms with van der Waals surface area (Å²) in [4.78, 5) is 31.8. The van der Waals surface area contributed by atoms with Gasteiger partial charge in [-0.3, -0.25) is 9.36 Å². The van der Waals surface area contributed by atoms with Crippen LogP contribution in [-0.4, -0.2) is 33.4 Å². The highest BCUT2D eigenvalue weighted by Gasteiger charge is 2.22. The van der Waals surface area contributed by atoms with Crippen molar-refractivity contribution < 1.29 is 4.79 Å². The molecule has 28 heavy (non-hydrogen) atoms. The number of hydrogen-bond donors (Lipinski definition) is 0. The number of aromatic nitrogens is 2.